The topological polar surface area (TPSA) is 36.7 Å². The molecule has 0 fully saturated rings. The fourth-order valence-corrected chi connectivity index (χ4v) is 8.72. The van der Waals surface area contributed by atoms with E-state index in [0.717, 1.165) is 44.3 Å². The van der Waals surface area contributed by atoms with E-state index in [2.05, 4.69) is 201 Å². The van der Waals surface area contributed by atoms with Gasteiger partial charge in [0.25, 0.3) is 0 Å². The van der Waals surface area contributed by atoms with Gasteiger partial charge in [-0.1, -0.05) is 189 Å². The average Bonchev–Trinajstić information content (AvgIpc) is 3.30. The molecule has 0 atom stereocenters. The largest absolute Gasteiger partial charge is 0.300 e. The van der Waals surface area contributed by atoms with Crippen molar-refractivity contribution in [3.05, 3.63) is 246 Å². The summed E-state index contributed by atoms with van der Waals surface area (Å²) in [7, 11) is 0. The van der Waals surface area contributed by atoms with Crippen molar-refractivity contribution in [1.29, 1.82) is 5.41 Å². The molecule has 59 heavy (non-hydrogen) atoms. The van der Waals surface area contributed by atoms with Crippen molar-refractivity contribution in [2.75, 3.05) is 0 Å². The minimum Gasteiger partial charge on any atom is -0.300 e. The maximum atomic E-state index is 9.02. The number of nitrogens with zero attached hydrogens (tertiary/aromatic N) is 1. The van der Waals surface area contributed by atoms with Gasteiger partial charge in [-0.3, -0.25) is 4.98 Å². The second kappa shape index (κ2) is 15.8. The number of pyridine rings is 1. The molecule has 9 rings (SSSR count). The Morgan fingerprint density at radius 3 is 1.80 bits per heavy atom. The third kappa shape index (κ3) is 6.89. The van der Waals surface area contributed by atoms with Crippen molar-refractivity contribution in [2.24, 2.45) is 0 Å². The molecule has 0 saturated carbocycles. The van der Waals surface area contributed by atoms with Gasteiger partial charge in [-0.2, -0.15) is 0 Å². The maximum Gasteiger partial charge on any atom is 0.0737 e. The molecule has 1 heterocycles. The van der Waals surface area contributed by atoms with Crippen LogP contribution in [0.3, 0.4) is 0 Å². The highest BCUT2D eigenvalue weighted by Gasteiger charge is 2.32. The van der Waals surface area contributed by atoms with Crippen LogP contribution in [0.1, 0.15) is 40.3 Å². The van der Waals surface area contributed by atoms with Gasteiger partial charge in [0.2, 0.25) is 0 Å². The van der Waals surface area contributed by atoms with Gasteiger partial charge in [0, 0.05) is 17.0 Å². The van der Waals surface area contributed by atoms with E-state index < -0.39 is 5.41 Å². The number of benzene rings is 8. The molecule has 2 heteroatoms. The van der Waals surface area contributed by atoms with Gasteiger partial charge < -0.3 is 5.41 Å². The SMILES string of the molecule is C=C/C(=C\C=C\c1cc(-c2ccc3c4ccccc4c4ccccc4c3c2)ccc1C(C)(c1ccccc1)c1ccccc1)C(=N)/C=C\c1ccc2cccnc2c1C. The molecular weight excluding hydrogens is 713 g/mol. The van der Waals surface area contributed by atoms with Crippen molar-refractivity contribution < 1.29 is 0 Å². The molecule has 0 bridgehead atoms. The normalized spacial score (nSPS) is 12.3. The number of rotatable bonds is 10. The molecule has 0 aliphatic heterocycles. The van der Waals surface area contributed by atoms with Crippen LogP contribution in [0.25, 0.3) is 66.5 Å². The van der Waals surface area contributed by atoms with E-state index in [9.17, 15) is 0 Å². The van der Waals surface area contributed by atoms with Crippen molar-refractivity contribution in [3.8, 4) is 11.1 Å². The number of aryl methyl sites for hydroxylation is 1. The summed E-state index contributed by atoms with van der Waals surface area (Å²) in [6.45, 7) is 8.50. The fourth-order valence-electron chi connectivity index (χ4n) is 8.72. The van der Waals surface area contributed by atoms with Crippen molar-refractivity contribution in [2.45, 2.75) is 19.3 Å². The standard InChI is InChI=1S/C57H44N2/c1-4-40(55(58)35-32-41-28-29-42-19-16-36-59-56(42)39(41)2)17-15-18-45-37-43(31-34-54(45)57(3,46-20-7-5-8-21-46)47-22-9-6-10-23-47)44-30-33-52-50-26-12-11-24-48(50)49-25-13-14-27-51(49)53(52)38-44/h4-38,58H,1H2,2-3H3/b18-15+,35-32-,40-17+,58-55?. The van der Waals surface area contributed by atoms with E-state index in [1.165, 1.54) is 49.0 Å². The van der Waals surface area contributed by atoms with E-state index in [1.807, 2.05) is 30.5 Å². The maximum absolute atomic E-state index is 9.02. The Bertz CT molecular complexity index is 3070. The molecule has 0 unspecified atom stereocenters. The highest BCUT2D eigenvalue weighted by molar-refractivity contribution is 6.25. The first-order chi connectivity index (χ1) is 28.9. The Kier molecular flexibility index (Phi) is 9.98. The first kappa shape index (κ1) is 37.2. The quantitative estimate of drug-likeness (QED) is 0.0641. The summed E-state index contributed by atoms with van der Waals surface area (Å²) < 4.78 is 0. The molecule has 2 nitrogen and oxygen atoms in total. The molecule has 9 aromatic rings. The summed E-state index contributed by atoms with van der Waals surface area (Å²) >= 11 is 0. The van der Waals surface area contributed by atoms with Crippen LogP contribution in [0.4, 0.5) is 0 Å². The Morgan fingerprint density at radius 2 is 1.15 bits per heavy atom. The molecule has 0 amide bonds. The average molecular weight is 757 g/mol. The summed E-state index contributed by atoms with van der Waals surface area (Å²) in [5.41, 5.74) is 10.8. The van der Waals surface area contributed by atoms with Crippen LogP contribution < -0.4 is 0 Å². The first-order valence-corrected chi connectivity index (χ1v) is 20.2. The van der Waals surface area contributed by atoms with Crippen LogP contribution in [-0.2, 0) is 5.41 Å². The Hall–Kier alpha value is -7.42. The van der Waals surface area contributed by atoms with Gasteiger partial charge in [0.15, 0.2) is 0 Å². The van der Waals surface area contributed by atoms with Crippen LogP contribution in [-0.4, -0.2) is 10.7 Å². The summed E-state index contributed by atoms with van der Waals surface area (Å²) in [4.78, 5) is 4.59. The zero-order chi connectivity index (χ0) is 40.3. The highest BCUT2D eigenvalue weighted by atomic mass is 14.6. The predicted octanol–water partition coefficient (Wildman–Crippen LogP) is 14.9. The molecule has 0 aliphatic carbocycles. The predicted molar refractivity (Wildman–Crippen MR) is 253 cm³/mol. The lowest BCUT2D eigenvalue weighted by Crippen LogP contribution is -2.26. The van der Waals surface area contributed by atoms with E-state index >= 15 is 0 Å². The van der Waals surface area contributed by atoms with Gasteiger partial charge in [0.05, 0.1) is 11.2 Å². The lowest BCUT2D eigenvalue weighted by atomic mass is 9.69. The molecule has 0 spiro atoms. The molecule has 8 aromatic carbocycles. The van der Waals surface area contributed by atoms with Gasteiger partial charge in [0.1, 0.15) is 0 Å². The summed E-state index contributed by atoms with van der Waals surface area (Å²) in [5, 5.41) is 17.7. The molecule has 1 aromatic heterocycles. The second-order valence-electron chi connectivity index (χ2n) is 15.3. The van der Waals surface area contributed by atoms with E-state index in [4.69, 9.17) is 5.41 Å². The Labute approximate surface area is 346 Å². The highest BCUT2D eigenvalue weighted by Crippen LogP contribution is 2.43. The Morgan fingerprint density at radius 1 is 0.576 bits per heavy atom. The molecule has 0 aliphatic rings. The number of hydrogen-bond acceptors (Lipinski definition) is 2. The van der Waals surface area contributed by atoms with Crippen LogP contribution in [0.5, 0.6) is 0 Å². The number of nitrogens with one attached hydrogen (secondary N) is 1. The lowest BCUT2D eigenvalue weighted by Gasteiger charge is -2.33. The monoisotopic (exact) mass is 756 g/mol. The van der Waals surface area contributed by atoms with Crippen molar-refractivity contribution >= 4 is 61.1 Å². The van der Waals surface area contributed by atoms with Crippen LogP contribution in [0, 0.1) is 12.3 Å². The number of hydrogen-bond donors (Lipinski definition) is 1. The fraction of sp³-hybridized carbons (Fsp3) is 0.0526. The van der Waals surface area contributed by atoms with E-state index in [-0.39, 0.29) is 0 Å². The second-order valence-corrected chi connectivity index (χ2v) is 15.3. The van der Waals surface area contributed by atoms with Crippen LogP contribution in [0.15, 0.2) is 213 Å². The minimum atomic E-state index is -0.452. The number of aromatic nitrogens is 1. The summed E-state index contributed by atoms with van der Waals surface area (Å²) in [5.74, 6) is 0. The third-order valence-electron chi connectivity index (χ3n) is 12.0. The van der Waals surface area contributed by atoms with Crippen LogP contribution >= 0.6 is 0 Å². The van der Waals surface area contributed by atoms with Gasteiger partial charge in [-0.05, 0) is 121 Å². The molecule has 0 saturated heterocycles. The van der Waals surface area contributed by atoms with Crippen molar-refractivity contribution in [1.82, 2.24) is 4.98 Å². The first-order valence-electron chi connectivity index (χ1n) is 20.2. The number of fused-ring (bicyclic) bond motifs is 7. The van der Waals surface area contributed by atoms with Crippen LogP contribution in [0.2, 0.25) is 0 Å². The third-order valence-corrected chi connectivity index (χ3v) is 12.0. The van der Waals surface area contributed by atoms with E-state index in [0.29, 0.717) is 5.71 Å². The molecule has 0 radical (unpaired) electrons. The van der Waals surface area contributed by atoms with Gasteiger partial charge >= 0.3 is 0 Å². The lowest BCUT2D eigenvalue weighted by molar-refractivity contribution is 0.691. The van der Waals surface area contributed by atoms with Crippen molar-refractivity contribution in [3.63, 3.8) is 0 Å². The number of allylic oxidation sites excluding steroid dienone is 5. The smallest absolute Gasteiger partial charge is 0.0737 e. The molecular formula is C57H44N2. The molecule has 1 N–H and O–H groups in total. The zero-order valence-electron chi connectivity index (χ0n) is 33.4. The van der Waals surface area contributed by atoms with Gasteiger partial charge in [-0.15, -0.1) is 0 Å². The molecule has 282 valence electrons. The summed E-state index contributed by atoms with van der Waals surface area (Å²) in [6.07, 6.45) is 13.7. The van der Waals surface area contributed by atoms with Gasteiger partial charge in [-0.25, -0.2) is 0 Å². The minimum absolute atomic E-state index is 0.383. The Balaban J connectivity index is 1.16. The zero-order valence-corrected chi connectivity index (χ0v) is 33.4. The van der Waals surface area contributed by atoms with E-state index in [1.54, 1.807) is 6.08 Å². The summed E-state index contributed by atoms with van der Waals surface area (Å²) in [6, 6.07) is 61.0.